The molecule has 0 aromatic heterocycles. The summed E-state index contributed by atoms with van der Waals surface area (Å²) >= 11 is 0. The normalized spacial score (nSPS) is 11.3. The van der Waals surface area contributed by atoms with Gasteiger partial charge in [-0.15, -0.1) is 9.24 Å². The minimum absolute atomic E-state index is 1.12. The van der Waals surface area contributed by atoms with Gasteiger partial charge in [0, 0.05) is 0 Å². The molecule has 0 saturated carbocycles. The van der Waals surface area contributed by atoms with E-state index < -0.39 is 8.07 Å². The Hall–Kier alpha value is -1.69. The Morgan fingerprint density at radius 1 is 0.545 bits per heavy atom. The summed E-state index contributed by atoms with van der Waals surface area (Å²) < 4.78 is 0. The molecule has 0 aliphatic carbocycles. The van der Waals surface area contributed by atoms with E-state index >= 15 is 0 Å². The monoisotopic (exact) mass is 320 g/mol. The molecule has 0 amide bonds. The van der Waals surface area contributed by atoms with E-state index in [0.717, 1.165) is 6.16 Å². The molecule has 0 radical (unpaired) electrons. The fourth-order valence-electron chi connectivity index (χ4n) is 3.32. The van der Waals surface area contributed by atoms with Crippen LogP contribution in [0.4, 0.5) is 0 Å². The van der Waals surface area contributed by atoms with Crippen LogP contribution in [-0.2, 0) is 0 Å². The molecule has 0 spiro atoms. The van der Waals surface area contributed by atoms with Crippen molar-refractivity contribution in [1.82, 2.24) is 0 Å². The second-order valence-corrected chi connectivity index (χ2v) is 10.2. The summed E-state index contributed by atoms with van der Waals surface area (Å²) in [5.74, 6) is 0. The molecule has 2 heteroatoms. The first kappa shape index (κ1) is 15.2. The molecule has 3 aromatic carbocycles. The third-order valence-electron chi connectivity index (χ3n) is 4.32. The van der Waals surface area contributed by atoms with Crippen molar-refractivity contribution < 1.29 is 0 Å². The van der Waals surface area contributed by atoms with Crippen molar-refractivity contribution >= 4 is 32.9 Å². The fourth-order valence-corrected chi connectivity index (χ4v) is 9.20. The maximum Gasteiger partial charge on any atom is 0.148 e. The van der Waals surface area contributed by atoms with Gasteiger partial charge in [0.1, 0.15) is 8.07 Å². The third kappa shape index (κ3) is 2.79. The summed E-state index contributed by atoms with van der Waals surface area (Å²) in [6.07, 6.45) is 1.12. The topological polar surface area (TPSA) is 0 Å². The lowest BCUT2D eigenvalue weighted by Crippen LogP contribution is -2.67. The van der Waals surface area contributed by atoms with Gasteiger partial charge in [0.2, 0.25) is 0 Å². The molecule has 110 valence electrons. The summed E-state index contributed by atoms with van der Waals surface area (Å²) in [6.45, 7) is 0. The van der Waals surface area contributed by atoms with Crippen LogP contribution < -0.4 is 15.6 Å². The Bertz CT molecular complexity index is 599. The minimum Gasteiger partial charge on any atom is -0.138 e. The van der Waals surface area contributed by atoms with Gasteiger partial charge >= 0.3 is 0 Å². The van der Waals surface area contributed by atoms with E-state index in [0.29, 0.717) is 0 Å². The largest absolute Gasteiger partial charge is 0.148 e. The van der Waals surface area contributed by atoms with Crippen LogP contribution in [0.3, 0.4) is 0 Å². The number of hydrogen-bond donors (Lipinski definition) is 0. The second-order valence-electron chi connectivity index (χ2n) is 5.54. The molecular formula is C20H21PSi. The SMILES string of the molecule is PCC[Si](c1ccccc1)(c1ccccc1)c1ccccc1. The number of rotatable bonds is 5. The number of hydrogen-bond acceptors (Lipinski definition) is 0. The van der Waals surface area contributed by atoms with Gasteiger partial charge in [-0.05, 0) is 27.8 Å². The van der Waals surface area contributed by atoms with E-state index in [9.17, 15) is 0 Å². The summed E-state index contributed by atoms with van der Waals surface area (Å²) in [5.41, 5.74) is 0. The Kier molecular flexibility index (Phi) is 4.87. The first-order valence-corrected chi connectivity index (χ1v) is 10.8. The molecule has 22 heavy (non-hydrogen) atoms. The van der Waals surface area contributed by atoms with Gasteiger partial charge in [-0.25, -0.2) is 0 Å². The third-order valence-corrected chi connectivity index (χ3v) is 10.2. The van der Waals surface area contributed by atoms with Gasteiger partial charge in [-0.1, -0.05) is 91.0 Å². The molecular weight excluding hydrogens is 299 g/mol. The van der Waals surface area contributed by atoms with E-state index in [4.69, 9.17) is 0 Å². The maximum atomic E-state index is 2.93. The quantitative estimate of drug-likeness (QED) is 0.385. The van der Waals surface area contributed by atoms with Gasteiger partial charge in [0.15, 0.2) is 0 Å². The van der Waals surface area contributed by atoms with E-state index in [2.05, 4.69) is 100 Å². The predicted octanol–water partition coefficient (Wildman–Crippen LogP) is 3.03. The fraction of sp³-hybridized carbons (Fsp3) is 0.100. The van der Waals surface area contributed by atoms with Crippen molar-refractivity contribution in [2.24, 2.45) is 0 Å². The summed E-state index contributed by atoms with van der Waals surface area (Å²) in [4.78, 5) is 0. The molecule has 0 saturated heterocycles. The van der Waals surface area contributed by atoms with E-state index in [-0.39, 0.29) is 0 Å². The van der Waals surface area contributed by atoms with Crippen molar-refractivity contribution in [3.8, 4) is 0 Å². The average Bonchev–Trinajstić information content (AvgIpc) is 2.62. The Balaban J connectivity index is 2.29. The highest BCUT2D eigenvalue weighted by atomic mass is 31.0. The highest BCUT2D eigenvalue weighted by Gasteiger charge is 2.37. The zero-order valence-corrected chi connectivity index (χ0v) is 14.8. The lowest BCUT2D eigenvalue weighted by molar-refractivity contribution is 1.42. The van der Waals surface area contributed by atoms with E-state index in [1.54, 1.807) is 0 Å². The lowest BCUT2D eigenvalue weighted by atomic mass is 10.3. The van der Waals surface area contributed by atoms with Crippen LogP contribution in [0.5, 0.6) is 0 Å². The molecule has 0 heterocycles. The van der Waals surface area contributed by atoms with Gasteiger partial charge in [0.05, 0.1) is 0 Å². The second kappa shape index (κ2) is 7.04. The van der Waals surface area contributed by atoms with Crippen LogP contribution in [0.2, 0.25) is 6.04 Å². The molecule has 0 fully saturated rings. The highest BCUT2D eigenvalue weighted by Crippen LogP contribution is 2.14. The van der Waals surface area contributed by atoms with Gasteiger partial charge in [-0.2, -0.15) is 0 Å². The first-order valence-electron chi connectivity index (χ1n) is 7.74. The van der Waals surface area contributed by atoms with Gasteiger partial charge in [-0.3, -0.25) is 0 Å². The van der Waals surface area contributed by atoms with Crippen LogP contribution in [0.15, 0.2) is 91.0 Å². The summed E-state index contributed by atoms with van der Waals surface area (Å²) in [7, 11) is 0.984. The lowest BCUT2D eigenvalue weighted by Gasteiger charge is -2.33. The molecule has 3 rings (SSSR count). The Labute approximate surface area is 136 Å². The van der Waals surface area contributed by atoms with Crippen molar-refractivity contribution in [1.29, 1.82) is 0 Å². The number of benzene rings is 3. The smallest absolute Gasteiger partial charge is 0.138 e. The minimum atomic E-state index is -1.94. The molecule has 0 aliphatic rings. The first-order chi connectivity index (χ1) is 10.9. The average molecular weight is 320 g/mol. The molecule has 0 aliphatic heterocycles. The van der Waals surface area contributed by atoms with E-state index in [1.165, 1.54) is 21.6 Å². The molecule has 0 nitrogen and oxygen atoms in total. The van der Waals surface area contributed by atoms with Gasteiger partial charge in [0.25, 0.3) is 0 Å². The van der Waals surface area contributed by atoms with Crippen LogP contribution in [-0.4, -0.2) is 14.2 Å². The Morgan fingerprint density at radius 2 is 0.864 bits per heavy atom. The van der Waals surface area contributed by atoms with E-state index in [1.807, 2.05) is 0 Å². The van der Waals surface area contributed by atoms with Crippen molar-refractivity contribution in [2.45, 2.75) is 6.04 Å². The molecule has 0 N–H and O–H groups in total. The molecule has 1 unspecified atom stereocenters. The predicted molar refractivity (Wildman–Crippen MR) is 103 cm³/mol. The van der Waals surface area contributed by atoms with Crippen LogP contribution in [0, 0.1) is 0 Å². The van der Waals surface area contributed by atoms with Crippen molar-refractivity contribution in [2.75, 3.05) is 6.16 Å². The van der Waals surface area contributed by atoms with Crippen LogP contribution in [0.1, 0.15) is 0 Å². The standard InChI is InChI=1S/C20H21PSi/c21-16-17-22(18-10-4-1-5-11-18,19-12-6-2-7-13-19)20-14-8-3-9-15-20/h1-15H,16-17,21H2. The zero-order chi connectivity index (χ0) is 15.3. The Morgan fingerprint density at radius 3 is 1.14 bits per heavy atom. The van der Waals surface area contributed by atoms with Crippen molar-refractivity contribution in [3.63, 3.8) is 0 Å². The molecule has 0 bridgehead atoms. The summed E-state index contributed by atoms with van der Waals surface area (Å²) in [5, 5.41) is 4.49. The molecule has 1 atom stereocenters. The zero-order valence-electron chi connectivity index (χ0n) is 12.7. The van der Waals surface area contributed by atoms with Crippen LogP contribution in [0.25, 0.3) is 0 Å². The van der Waals surface area contributed by atoms with Gasteiger partial charge < -0.3 is 0 Å². The molecule has 3 aromatic rings. The summed E-state index contributed by atoms with van der Waals surface area (Å²) in [6, 6.07) is 34.4. The van der Waals surface area contributed by atoms with Crippen molar-refractivity contribution in [3.05, 3.63) is 91.0 Å². The van der Waals surface area contributed by atoms with Crippen LogP contribution >= 0.6 is 9.24 Å². The maximum absolute atomic E-state index is 2.93. The highest BCUT2D eigenvalue weighted by molar-refractivity contribution is 7.19.